The minimum absolute atomic E-state index is 0.0771. The Bertz CT molecular complexity index is 565. The fourth-order valence-corrected chi connectivity index (χ4v) is 2.57. The van der Waals surface area contributed by atoms with Gasteiger partial charge in [-0.2, -0.15) is 0 Å². The van der Waals surface area contributed by atoms with Crippen LogP contribution in [-0.2, 0) is 4.79 Å². The average molecular weight is 251 g/mol. The van der Waals surface area contributed by atoms with Crippen LogP contribution in [0.1, 0.15) is 17.8 Å². The van der Waals surface area contributed by atoms with Crippen LogP contribution in [0.4, 0.5) is 5.82 Å². The summed E-state index contributed by atoms with van der Waals surface area (Å²) in [6, 6.07) is 0. The number of fused-ring (bicyclic) bond motifs is 1. The number of aromatic nitrogens is 2. The largest absolute Gasteiger partial charge is 0.481 e. The van der Waals surface area contributed by atoms with E-state index in [2.05, 4.69) is 15.3 Å². The van der Waals surface area contributed by atoms with Gasteiger partial charge in [0.05, 0.1) is 11.8 Å². The standard InChI is InChI=1S/C11H13N3O2S/c1-6-5-17-11-9(6)10(13-7(2)14-11)12-4-3-8(15)16/h5H,3-4H2,1-2H3,(H,15,16)(H,12,13,14). The van der Waals surface area contributed by atoms with Crippen LogP contribution in [0.15, 0.2) is 5.38 Å². The van der Waals surface area contributed by atoms with Gasteiger partial charge >= 0.3 is 5.97 Å². The van der Waals surface area contributed by atoms with Gasteiger partial charge in [0, 0.05) is 6.54 Å². The Labute approximate surface area is 103 Å². The summed E-state index contributed by atoms with van der Waals surface area (Å²) in [4.78, 5) is 20.1. The summed E-state index contributed by atoms with van der Waals surface area (Å²) in [5.41, 5.74) is 1.11. The predicted molar refractivity (Wildman–Crippen MR) is 67.6 cm³/mol. The number of rotatable bonds is 4. The zero-order valence-corrected chi connectivity index (χ0v) is 10.5. The van der Waals surface area contributed by atoms with Crippen molar-refractivity contribution in [3.8, 4) is 0 Å². The zero-order valence-electron chi connectivity index (χ0n) is 9.65. The van der Waals surface area contributed by atoms with Gasteiger partial charge in [-0.3, -0.25) is 4.79 Å². The normalized spacial score (nSPS) is 10.7. The summed E-state index contributed by atoms with van der Waals surface area (Å²) < 4.78 is 0. The maximum absolute atomic E-state index is 10.5. The third-order valence-electron chi connectivity index (χ3n) is 2.36. The van der Waals surface area contributed by atoms with Crippen LogP contribution in [-0.4, -0.2) is 27.6 Å². The highest BCUT2D eigenvalue weighted by Crippen LogP contribution is 2.29. The number of aryl methyl sites for hydroxylation is 2. The Kier molecular flexibility index (Phi) is 3.23. The fraction of sp³-hybridized carbons (Fsp3) is 0.364. The molecule has 0 radical (unpaired) electrons. The van der Waals surface area contributed by atoms with Gasteiger partial charge in [0.25, 0.3) is 0 Å². The van der Waals surface area contributed by atoms with Gasteiger partial charge in [-0.25, -0.2) is 9.97 Å². The van der Waals surface area contributed by atoms with Crippen molar-refractivity contribution in [3.05, 3.63) is 16.8 Å². The molecule has 0 aliphatic rings. The fourth-order valence-electron chi connectivity index (χ4n) is 1.61. The lowest BCUT2D eigenvalue weighted by molar-refractivity contribution is -0.136. The number of carboxylic acid groups (broad SMARTS) is 1. The highest BCUT2D eigenvalue weighted by molar-refractivity contribution is 7.17. The van der Waals surface area contributed by atoms with Crippen molar-refractivity contribution in [1.82, 2.24) is 9.97 Å². The van der Waals surface area contributed by atoms with E-state index in [0.29, 0.717) is 12.4 Å². The molecule has 0 unspecified atom stereocenters. The molecule has 90 valence electrons. The lowest BCUT2D eigenvalue weighted by Gasteiger charge is -2.06. The molecule has 2 heterocycles. The van der Waals surface area contributed by atoms with E-state index in [1.54, 1.807) is 11.3 Å². The smallest absolute Gasteiger partial charge is 0.305 e. The monoisotopic (exact) mass is 251 g/mol. The number of nitrogens with zero attached hydrogens (tertiary/aromatic N) is 2. The molecule has 2 aromatic rings. The Morgan fingerprint density at radius 2 is 2.24 bits per heavy atom. The van der Waals surface area contributed by atoms with Gasteiger partial charge in [0.2, 0.25) is 0 Å². The van der Waals surface area contributed by atoms with Gasteiger partial charge in [-0.15, -0.1) is 11.3 Å². The highest BCUT2D eigenvalue weighted by atomic mass is 32.1. The van der Waals surface area contributed by atoms with Crippen molar-refractivity contribution in [2.75, 3.05) is 11.9 Å². The van der Waals surface area contributed by atoms with Gasteiger partial charge in [-0.1, -0.05) is 0 Å². The molecule has 17 heavy (non-hydrogen) atoms. The van der Waals surface area contributed by atoms with Crippen LogP contribution in [0.5, 0.6) is 0 Å². The van der Waals surface area contributed by atoms with Crippen molar-refractivity contribution in [3.63, 3.8) is 0 Å². The van der Waals surface area contributed by atoms with E-state index in [-0.39, 0.29) is 6.42 Å². The minimum atomic E-state index is -0.818. The third-order valence-corrected chi connectivity index (χ3v) is 3.35. The molecule has 0 aliphatic carbocycles. The number of hydrogen-bond donors (Lipinski definition) is 2. The molecular formula is C11H13N3O2S. The van der Waals surface area contributed by atoms with Crippen LogP contribution in [0, 0.1) is 13.8 Å². The van der Waals surface area contributed by atoms with Crippen molar-refractivity contribution in [1.29, 1.82) is 0 Å². The average Bonchev–Trinajstić information content (AvgIpc) is 2.59. The molecule has 0 aromatic carbocycles. The number of anilines is 1. The third kappa shape index (κ3) is 2.52. The molecule has 0 saturated heterocycles. The summed E-state index contributed by atoms with van der Waals surface area (Å²) in [7, 11) is 0. The molecule has 0 atom stereocenters. The summed E-state index contributed by atoms with van der Waals surface area (Å²) in [6.45, 7) is 4.20. The molecular weight excluding hydrogens is 238 g/mol. The molecule has 2 N–H and O–H groups in total. The van der Waals surface area contributed by atoms with E-state index in [9.17, 15) is 4.79 Å². The number of nitrogens with one attached hydrogen (secondary N) is 1. The maximum Gasteiger partial charge on any atom is 0.305 e. The van der Waals surface area contributed by atoms with E-state index in [1.165, 1.54) is 0 Å². The first-order chi connectivity index (χ1) is 8.08. The lowest BCUT2D eigenvalue weighted by atomic mass is 10.2. The Morgan fingerprint density at radius 3 is 2.94 bits per heavy atom. The Hall–Kier alpha value is -1.69. The molecule has 0 amide bonds. The summed E-state index contributed by atoms with van der Waals surface area (Å²) in [5.74, 6) is 0.603. The number of hydrogen-bond acceptors (Lipinski definition) is 5. The van der Waals surface area contributed by atoms with Gasteiger partial charge < -0.3 is 10.4 Å². The summed E-state index contributed by atoms with van der Waals surface area (Å²) in [5, 5.41) is 14.7. The molecule has 0 saturated carbocycles. The van der Waals surface area contributed by atoms with Gasteiger partial charge in [0.15, 0.2) is 0 Å². The second-order valence-electron chi connectivity index (χ2n) is 3.79. The van der Waals surface area contributed by atoms with Crippen LogP contribution < -0.4 is 5.32 Å². The summed E-state index contributed by atoms with van der Waals surface area (Å²) in [6.07, 6.45) is 0.0771. The van der Waals surface area contributed by atoms with E-state index >= 15 is 0 Å². The Morgan fingerprint density at radius 1 is 1.47 bits per heavy atom. The maximum atomic E-state index is 10.5. The van der Waals surface area contributed by atoms with Gasteiger partial charge in [-0.05, 0) is 24.8 Å². The highest BCUT2D eigenvalue weighted by Gasteiger charge is 2.10. The number of carbonyl (C=O) groups is 1. The first-order valence-electron chi connectivity index (χ1n) is 5.26. The van der Waals surface area contributed by atoms with Crippen LogP contribution in [0.2, 0.25) is 0 Å². The molecule has 6 heteroatoms. The molecule has 0 aliphatic heterocycles. The predicted octanol–water partition coefficient (Wildman–Crippen LogP) is 2.19. The number of aliphatic carboxylic acids is 1. The second kappa shape index (κ2) is 4.67. The topological polar surface area (TPSA) is 75.1 Å². The SMILES string of the molecule is Cc1nc(NCCC(=O)O)c2c(C)csc2n1. The van der Waals surface area contributed by atoms with E-state index in [4.69, 9.17) is 5.11 Å². The first-order valence-corrected chi connectivity index (χ1v) is 6.14. The molecule has 0 spiro atoms. The number of carboxylic acids is 1. The molecule has 2 rings (SSSR count). The molecule has 0 bridgehead atoms. The molecule has 5 nitrogen and oxygen atoms in total. The van der Waals surface area contributed by atoms with E-state index in [1.807, 2.05) is 19.2 Å². The molecule has 0 fully saturated rings. The van der Waals surface area contributed by atoms with Crippen molar-refractivity contribution in [2.45, 2.75) is 20.3 Å². The lowest BCUT2D eigenvalue weighted by Crippen LogP contribution is -2.09. The van der Waals surface area contributed by atoms with E-state index in [0.717, 1.165) is 21.6 Å². The van der Waals surface area contributed by atoms with Crippen LogP contribution in [0.25, 0.3) is 10.2 Å². The Balaban J connectivity index is 2.31. The molecule has 2 aromatic heterocycles. The minimum Gasteiger partial charge on any atom is -0.481 e. The van der Waals surface area contributed by atoms with Crippen LogP contribution in [0.3, 0.4) is 0 Å². The second-order valence-corrected chi connectivity index (χ2v) is 4.65. The van der Waals surface area contributed by atoms with Crippen molar-refractivity contribution >= 4 is 33.3 Å². The van der Waals surface area contributed by atoms with Gasteiger partial charge in [0.1, 0.15) is 16.5 Å². The zero-order chi connectivity index (χ0) is 12.4. The summed E-state index contributed by atoms with van der Waals surface area (Å²) >= 11 is 1.57. The quantitative estimate of drug-likeness (QED) is 0.871. The van der Waals surface area contributed by atoms with Crippen LogP contribution >= 0.6 is 11.3 Å². The number of thiophene rings is 1. The van der Waals surface area contributed by atoms with Crippen molar-refractivity contribution < 1.29 is 9.90 Å². The first kappa shape index (κ1) is 11.8. The van der Waals surface area contributed by atoms with E-state index < -0.39 is 5.97 Å². The van der Waals surface area contributed by atoms with Crippen molar-refractivity contribution in [2.24, 2.45) is 0 Å².